The van der Waals surface area contributed by atoms with E-state index in [1.54, 1.807) is 0 Å². The van der Waals surface area contributed by atoms with Crippen molar-refractivity contribution in [2.75, 3.05) is 4.66 Å². The van der Waals surface area contributed by atoms with E-state index in [-0.39, 0.29) is 0 Å². The predicted molar refractivity (Wildman–Crippen MR) is 47.5 cm³/mol. The fourth-order valence-electron chi connectivity index (χ4n) is 0.593. The van der Waals surface area contributed by atoms with Gasteiger partial charge in [-0.05, 0) is 12.1 Å². The SMILES string of the molecule is O=S(=O)(CBr)Oc1cccnc1F. The van der Waals surface area contributed by atoms with Crippen LogP contribution >= 0.6 is 15.9 Å². The van der Waals surface area contributed by atoms with Crippen LogP contribution in [0.5, 0.6) is 5.75 Å². The molecule has 0 aliphatic heterocycles. The summed E-state index contributed by atoms with van der Waals surface area (Å²) in [5, 5.41) is 0. The van der Waals surface area contributed by atoms with Gasteiger partial charge in [0.05, 0.1) is 0 Å². The molecule has 7 heteroatoms. The Labute approximate surface area is 83.0 Å². The van der Waals surface area contributed by atoms with Gasteiger partial charge in [-0.2, -0.15) is 12.8 Å². The number of aromatic nitrogens is 1. The first-order chi connectivity index (χ1) is 6.05. The van der Waals surface area contributed by atoms with Crippen LogP contribution in [0.2, 0.25) is 0 Å². The summed E-state index contributed by atoms with van der Waals surface area (Å²) >= 11 is 2.70. The molecule has 0 aromatic carbocycles. The minimum atomic E-state index is -3.76. The van der Waals surface area contributed by atoms with Crippen molar-refractivity contribution in [2.24, 2.45) is 0 Å². The molecule has 1 aromatic heterocycles. The highest BCUT2D eigenvalue weighted by Gasteiger charge is 2.13. The van der Waals surface area contributed by atoms with Gasteiger partial charge in [-0.3, -0.25) is 0 Å². The molecule has 0 fully saturated rings. The van der Waals surface area contributed by atoms with Crippen LogP contribution in [0.4, 0.5) is 4.39 Å². The second kappa shape index (κ2) is 4.01. The number of hydrogen-bond acceptors (Lipinski definition) is 4. The van der Waals surface area contributed by atoms with Crippen LogP contribution in [0.3, 0.4) is 0 Å². The molecule has 0 amide bonds. The van der Waals surface area contributed by atoms with Gasteiger partial charge in [0.2, 0.25) is 0 Å². The average molecular weight is 270 g/mol. The number of rotatable bonds is 3. The van der Waals surface area contributed by atoms with Crippen LogP contribution in [0, 0.1) is 5.95 Å². The molecular weight excluding hydrogens is 265 g/mol. The van der Waals surface area contributed by atoms with Gasteiger partial charge in [0.25, 0.3) is 5.95 Å². The van der Waals surface area contributed by atoms with Crippen molar-refractivity contribution < 1.29 is 17.0 Å². The summed E-state index contributed by atoms with van der Waals surface area (Å²) in [5.41, 5.74) is 0. The van der Waals surface area contributed by atoms with Crippen molar-refractivity contribution in [2.45, 2.75) is 0 Å². The molecule has 0 spiro atoms. The van der Waals surface area contributed by atoms with E-state index in [9.17, 15) is 12.8 Å². The summed E-state index contributed by atoms with van der Waals surface area (Å²) in [6, 6.07) is 2.56. The largest absolute Gasteiger partial charge is 0.377 e. The summed E-state index contributed by atoms with van der Waals surface area (Å²) in [4.78, 5) is 3.23. The molecule has 13 heavy (non-hydrogen) atoms. The molecule has 0 saturated heterocycles. The lowest BCUT2D eigenvalue weighted by atomic mass is 10.5. The molecule has 0 saturated carbocycles. The lowest BCUT2D eigenvalue weighted by molar-refractivity contribution is 0.455. The Kier molecular flexibility index (Phi) is 3.21. The number of nitrogens with zero attached hydrogens (tertiary/aromatic N) is 1. The third-order valence-corrected chi connectivity index (χ3v) is 3.46. The Morgan fingerprint density at radius 1 is 1.62 bits per heavy atom. The maximum absolute atomic E-state index is 12.7. The molecule has 1 rings (SSSR count). The third kappa shape index (κ3) is 2.92. The molecule has 0 unspecified atom stereocenters. The number of hydrogen-bond donors (Lipinski definition) is 0. The smallest absolute Gasteiger partial charge is 0.319 e. The van der Waals surface area contributed by atoms with E-state index in [0.29, 0.717) is 0 Å². The fraction of sp³-hybridized carbons (Fsp3) is 0.167. The minimum Gasteiger partial charge on any atom is -0.377 e. The predicted octanol–water partition coefficient (Wildman–Crippen LogP) is 1.28. The molecular formula is C6H5BrFNO3S. The summed E-state index contributed by atoms with van der Waals surface area (Å²) in [5.74, 6) is -1.35. The van der Waals surface area contributed by atoms with Crippen molar-refractivity contribution in [3.05, 3.63) is 24.3 Å². The number of pyridine rings is 1. The van der Waals surface area contributed by atoms with Crippen LogP contribution in [0.15, 0.2) is 18.3 Å². The van der Waals surface area contributed by atoms with E-state index < -0.39 is 26.5 Å². The first kappa shape index (κ1) is 10.4. The van der Waals surface area contributed by atoms with E-state index in [2.05, 4.69) is 25.1 Å². The summed E-state index contributed by atoms with van der Waals surface area (Å²) in [6.07, 6.45) is 1.20. The maximum atomic E-state index is 12.7. The Morgan fingerprint density at radius 3 is 2.85 bits per heavy atom. The summed E-state index contributed by atoms with van der Waals surface area (Å²) < 4.78 is 38.4. The Balaban J connectivity index is 2.93. The first-order valence-electron chi connectivity index (χ1n) is 3.14. The number of halogens is 2. The van der Waals surface area contributed by atoms with Crippen LogP contribution < -0.4 is 4.18 Å². The van der Waals surface area contributed by atoms with E-state index in [4.69, 9.17) is 0 Å². The Hall–Kier alpha value is -0.690. The lowest BCUT2D eigenvalue weighted by Crippen LogP contribution is -2.11. The molecule has 72 valence electrons. The molecule has 4 nitrogen and oxygen atoms in total. The van der Waals surface area contributed by atoms with Gasteiger partial charge >= 0.3 is 10.1 Å². The van der Waals surface area contributed by atoms with Crippen molar-refractivity contribution >= 4 is 26.0 Å². The zero-order valence-corrected chi connectivity index (χ0v) is 8.68. The highest BCUT2D eigenvalue weighted by atomic mass is 79.9. The van der Waals surface area contributed by atoms with Gasteiger partial charge in [0.1, 0.15) is 4.66 Å². The molecule has 1 aromatic rings. The van der Waals surface area contributed by atoms with Crippen molar-refractivity contribution in [1.82, 2.24) is 4.98 Å². The van der Waals surface area contributed by atoms with Crippen molar-refractivity contribution in [3.8, 4) is 5.75 Å². The van der Waals surface area contributed by atoms with E-state index >= 15 is 0 Å². The van der Waals surface area contributed by atoms with E-state index in [1.165, 1.54) is 18.3 Å². The van der Waals surface area contributed by atoms with Gasteiger partial charge in [0.15, 0.2) is 5.75 Å². The molecule has 0 atom stereocenters. The van der Waals surface area contributed by atoms with Gasteiger partial charge in [0, 0.05) is 6.20 Å². The van der Waals surface area contributed by atoms with Crippen LogP contribution in [0.25, 0.3) is 0 Å². The topological polar surface area (TPSA) is 56.3 Å². The highest BCUT2D eigenvalue weighted by molar-refractivity contribution is 9.10. The second-order valence-electron chi connectivity index (χ2n) is 2.04. The molecule has 0 radical (unpaired) electrons. The maximum Gasteiger partial charge on any atom is 0.319 e. The minimum absolute atomic E-state index is 0.395. The zero-order valence-electron chi connectivity index (χ0n) is 6.28. The fourth-order valence-corrected chi connectivity index (χ4v) is 1.32. The van der Waals surface area contributed by atoms with Crippen LogP contribution in [-0.4, -0.2) is 18.1 Å². The monoisotopic (exact) mass is 269 g/mol. The van der Waals surface area contributed by atoms with Gasteiger partial charge in [-0.15, -0.1) is 0 Å². The highest BCUT2D eigenvalue weighted by Crippen LogP contribution is 2.15. The standard InChI is InChI=1S/C6H5BrFNO3S/c7-4-13(10,11)12-5-2-1-3-9-6(5)8/h1-3H,4H2. The van der Waals surface area contributed by atoms with Gasteiger partial charge in [-0.25, -0.2) is 4.98 Å². The van der Waals surface area contributed by atoms with Crippen molar-refractivity contribution in [3.63, 3.8) is 0 Å². The molecule has 0 aliphatic rings. The van der Waals surface area contributed by atoms with Crippen LogP contribution in [0.1, 0.15) is 0 Å². The lowest BCUT2D eigenvalue weighted by Gasteiger charge is -2.03. The number of alkyl halides is 1. The molecule has 0 bridgehead atoms. The zero-order chi connectivity index (χ0) is 9.90. The van der Waals surface area contributed by atoms with Gasteiger partial charge < -0.3 is 4.18 Å². The molecule has 0 aliphatic carbocycles. The Bertz CT molecular complexity index is 395. The second-order valence-corrected chi connectivity index (χ2v) is 4.92. The molecule has 0 N–H and O–H groups in total. The Morgan fingerprint density at radius 2 is 2.31 bits per heavy atom. The first-order valence-corrected chi connectivity index (χ1v) is 5.84. The van der Waals surface area contributed by atoms with Gasteiger partial charge in [-0.1, -0.05) is 15.9 Å². The van der Waals surface area contributed by atoms with E-state index in [0.717, 1.165) is 0 Å². The quantitative estimate of drug-likeness (QED) is 0.471. The van der Waals surface area contributed by atoms with E-state index in [1.807, 2.05) is 0 Å². The van der Waals surface area contributed by atoms with Crippen molar-refractivity contribution in [1.29, 1.82) is 0 Å². The summed E-state index contributed by atoms with van der Waals surface area (Å²) in [6.45, 7) is 0. The normalized spacial score (nSPS) is 11.2. The summed E-state index contributed by atoms with van der Waals surface area (Å²) in [7, 11) is -3.76. The van der Waals surface area contributed by atoms with Crippen LogP contribution in [-0.2, 0) is 10.1 Å². The molecule has 1 heterocycles. The average Bonchev–Trinajstić information content (AvgIpc) is 2.09. The third-order valence-electron chi connectivity index (χ3n) is 1.08.